The molecule has 3 aromatic carbocycles. The molecule has 5 heteroatoms. The van der Waals surface area contributed by atoms with Crippen molar-refractivity contribution in [3.05, 3.63) is 94.0 Å². The van der Waals surface area contributed by atoms with E-state index in [0.29, 0.717) is 21.9 Å². The quantitative estimate of drug-likeness (QED) is 0.602. The molecule has 0 radical (unpaired) electrons. The third-order valence-corrected chi connectivity index (χ3v) is 4.86. The second kappa shape index (κ2) is 7.41. The summed E-state index contributed by atoms with van der Waals surface area (Å²) in [6.07, 6.45) is 1.21. The highest BCUT2D eigenvalue weighted by Gasteiger charge is 2.33. The first-order chi connectivity index (χ1) is 13.5. The van der Waals surface area contributed by atoms with Gasteiger partial charge in [-0.15, -0.1) is 0 Å². The number of rotatable bonds is 3. The molecule has 0 amide bonds. The van der Waals surface area contributed by atoms with Crippen LogP contribution < -0.4 is 9.47 Å². The predicted molar refractivity (Wildman–Crippen MR) is 108 cm³/mol. The fourth-order valence-corrected chi connectivity index (χ4v) is 3.30. The highest BCUT2D eigenvalue weighted by atomic mass is 35.5. The van der Waals surface area contributed by atoms with Crippen LogP contribution in [-0.4, -0.2) is 18.0 Å². The summed E-state index contributed by atoms with van der Waals surface area (Å²) in [5.41, 5.74) is 2.47. The Bertz CT molecular complexity index is 1050. The molecule has 1 heterocycles. The average molecular weight is 393 g/mol. The molecule has 0 saturated carbocycles. The molecule has 0 saturated heterocycles. The molecule has 28 heavy (non-hydrogen) atoms. The summed E-state index contributed by atoms with van der Waals surface area (Å²) >= 11 is 5.97. The van der Waals surface area contributed by atoms with Gasteiger partial charge in [-0.25, -0.2) is 0 Å². The molecule has 0 aliphatic carbocycles. The molecule has 0 fully saturated rings. The number of aromatic hydroxyl groups is 1. The van der Waals surface area contributed by atoms with Crippen molar-refractivity contribution in [3.8, 4) is 17.2 Å². The van der Waals surface area contributed by atoms with Gasteiger partial charge in [-0.2, -0.15) is 0 Å². The van der Waals surface area contributed by atoms with Crippen LogP contribution in [-0.2, 0) is 0 Å². The number of hydrogen-bond acceptors (Lipinski definition) is 4. The van der Waals surface area contributed by atoms with Gasteiger partial charge in [0.05, 0.1) is 12.7 Å². The molecule has 0 aromatic heterocycles. The highest BCUT2D eigenvalue weighted by Crippen LogP contribution is 2.40. The minimum absolute atomic E-state index is 0.0180. The van der Waals surface area contributed by atoms with Gasteiger partial charge in [0, 0.05) is 10.6 Å². The first-order valence-corrected chi connectivity index (χ1v) is 9.08. The Balaban J connectivity index is 1.83. The Morgan fingerprint density at radius 1 is 1.04 bits per heavy atom. The van der Waals surface area contributed by atoms with Crippen LogP contribution in [0.2, 0.25) is 5.02 Å². The van der Waals surface area contributed by atoms with E-state index in [1.807, 2.05) is 36.4 Å². The lowest BCUT2D eigenvalue weighted by molar-refractivity contribution is 0.0963. The van der Waals surface area contributed by atoms with Gasteiger partial charge in [-0.05, 0) is 59.7 Å². The largest absolute Gasteiger partial charge is 0.508 e. The highest BCUT2D eigenvalue weighted by molar-refractivity contribution is 6.30. The lowest BCUT2D eigenvalue weighted by atomic mass is 9.89. The number of phenols is 1. The molecule has 1 N–H and O–H groups in total. The monoisotopic (exact) mass is 392 g/mol. The summed E-state index contributed by atoms with van der Waals surface area (Å²) in [5, 5.41) is 10.4. The maximum atomic E-state index is 13.2. The summed E-state index contributed by atoms with van der Waals surface area (Å²) in [7, 11) is 1.60. The standard InChI is InChI=1S/C23H17ClO4/c1-27-18-9-4-15(5-10-18)23-20(12-14-2-6-16(24)7-3-14)22(26)19-13-17(25)8-11-21(19)28-23/h2-13,23,25H,1H3. The fourth-order valence-electron chi connectivity index (χ4n) is 3.17. The normalized spacial score (nSPS) is 17.1. The molecule has 1 atom stereocenters. The van der Waals surface area contributed by atoms with E-state index in [0.717, 1.165) is 16.9 Å². The zero-order chi connectivity index (χ0) is 19.7. The van der Waals surface area contributed by atoms with E-state index in [1.54, 1.807) is 31.4 Å². The molecular weight excluding hydrogens is 376 g/mol. The van der Waals surface area contributed by atoms with E-state index in [4.69, 9.17) is 21.1 Å². The van der Waals surface area contributed by atoms with Gasteiger partial charge in [-0.3, -0.25) is 4.79 Å². The SMILES string of the molecule is COc1ccc(C2Oc3ccc(O)cc3C(=O)C2=Cc2ccc(Cl)cc2)cc1. The average Bonchev–Trinajstić information content (AvgIpc) is 2.72. The summed E-state index contributed by atoms with van der Waals surface area (Å²) < 4.78 is 11.4. The molecule has 0 spiro atoms. The van der Waals surface area contributed by atoms with Crippen LogP contribution in [0.25, 0.3) is 6.08 Å². The van der Waals surface area contributed by atoms with E-state index in [-0.39, 0.29) is 11.5 Å². The molecule has 4 nitrogen and oxygen atoms in total. The van der Waals surface area contributed by atoms with E-state index >= 15 is 0 Å². The zero-order valence-electron chi connectivity index (χ0n) is 15.1. The summed E-state index contributed by atoms with van der Waals surface area (Å²) in [5.74, 6) is 0.994. The Kier molecular flexibility index (Phi) is 4.80. The van der Waals surface area contributed by atoms with Crippen LogP contribution >= 0.6 is 11.6 Å². The minimum Gasteiger partial charge on any atom is -0.508 e. The smallest absolute Gasteiger partial charge is 0.196 e. The number of benzene rings is 3. The molecule has 140 valence electrons. The number of ether oxygens (including phenoxy) is 2. The molecular formula is C23H17ClO4. The molecule has 4 rings (SSSR count). The van der Waals surface area contributed by atoms with Crippen molar-refractivity contribution in [1.29, 1.82) is 0 Å². The van der Waals surface area contributed by atoms with Crippen LogP contribution in [0.4, 0.5) is 0 Å². The Morgan fingerprint density at radius 3 is 2.43 bits per heavy atom. The van der Waals surface area contributed by atoms with E-state index in [2.05, 4.69) is 0 Å². The molecule has 0 bridgehead atoms. The lowest BCUT2D eigenvalue weighted by Gasteiger charge is -2.28. The predicted octanol–water partition coefficient (Wildman–Crippen LogP) is 5.45. The Labute approximate surface area is 167 Å². The van der Waals surface area contributed by atoms with Crippen molar-refractivity contribution in [2.24, 2.45) is 0 Å². The summed E-state index contributed by atoms with van der Waals surface area (Å²) in [6.45, 7) is 0. The van der Waals surface area contributed by atoms with Gasteiger partial charge >= 0.3 is 0 Å². The molecule has 1 aliphatic rings. The number of Topliss-reactive ketones (excluding diaryl/α,β-unsaturated/α-hetero) is 1. The van der Waals surface area contributed by atoms with Crippen LogP contribution in [0.15, 0.2) is 72.3 Å². The summed E-state index contributed by atoms with van der Waals surface area (Å²) in [6, 6.07) is 19.2. The van der Waals surface area contributed by atoms with Crippen molar-refractivity contribution in [1.82, 2.24) is 0 Å². The number of carbonyl (C=O) groups excluding carboxylic acids is 1. The van der Waals surface area contributed by atoms with Crippen molar-refractivity contribution >= 4 is 23.5 Å². The van der Waals surface area contributed by atoms with E-state index in [1.165, 1.54) is 12.1 Å². The Morgan fingerprint density at radius 2 is 1.75 bits per heavy atom. The van der Waals surface area contributed by atoms with Gasteiger partial charge in [0.1, 0.15) is 17.2 Å². The number of phenolic OH excluding ortho intramolecular Hbond substituents is 1. The lowest BCUT2D eigenvalue weighted by Crippen LogP contribution is -2.23. The first kappa shape index (κ1) is 18.1. The number of fused-ring (bicyclic) bond motifs is 1. The number of hydrogen-bond donors (Lipinski definition) is 1. The third-order valence-electron chi connectivity index (χ3n) is 4.61. The zero-order valence-corrected chi connectivity index (χ0v) is 15.8. The van der Waals surface area contributed by atoms with Crippen molar-refractivity contribution in [2.45, 2.75) is 6.10 Å². The van der Waals surface area contributed by atoms with Gasteiger partial charge in [0.2, 0.25) is 0 Å². The third kappa shape index (κ3) is 3.47. The first-order valence-electron chi connectivity index (χ1n) is 8.70. The maximum absolute atomic E-state index is 13.2. The number of ketones is 1. The van der Waals surface area contributed by atoms with E-state index in [9.17, 15) is 9.90 Å². The topological polar surface area (TPSA) is 55.8 Å². The van der Waals surface area contributed by atoms with Crippen LogP contribution in [0, 0.1) is 0 Å². The van der Waals surface area contributed by atoms with Gasteiger partial charge in [0.25, 0.3) is 0 Å². The Hall–Kier alpha value is -3.24. The fraction of sp³-hybridized carbons (Fsp3) is 0.0870. The van der Waals surface area contributed by atoms with Gasteiger partial charge < -0.3 is 14.6 Å². The van der Waals surface area contributed by atoms with Gasteiger partial charge in [0.15, 0.2) is 11.9 Å². The number of carbonyl (C=O) groups is 1. The molecule has 1 unspecified atom stereocenters. The molecule has 1 aliphatic heterocycles. The van der Waals surface area contributed by atoms with Crippen LogP contribution in [0.3, 0.4) is 0 Å². The minimum atomic E-state index is -0.578. The van der Waals surface area contributed by atoms with E-state index < -0.39 is 6.10 Å². The molecule has 3 aromatic rings. The van der Waals surface area contributed by atoms with Crippen molar-refractivity contribution in [3.63, 3.8) is 0 Å². The van der Waals surface area contributed by atoms with Crippen LogP contribution in [0.5, 0.6) is 17.2 Å². The maximum Gasteiger partial charge on any atom is 0.196 e. The van der Waals surface area contributed by atoms with Crippen molar-refractivity contribution < 1.29 is 19.4 Å². The number of halogens is 1. The summed E-state index contributed by atoms with van der Waals surface area (Å²) in [4.78, 5) is 13.2. The van der Waals surface area contributed by atoms with Crippen LogP contribution in [0.1, 0.15) is 27.6 Å². The van der Waals surface area contributed by atoms with Gasteiger partial charge in [-0.1, -0.05) is 35.9 Å². The second-order valence-corrected chi connectivity index (χ2v) is 6.87. The number of methoxy groups -OCH3 is 1. The second-order valence-electron chi connectivity index (χ2n) is 6.43. The van der Waals surface area contributed by atoms with Crippen molar-refractivity contribution in [2.75, 3.05) is 7.11 Å².